The second-order valence-corrected chi connectivity index (χ2v) is 4.59. The van der Waals surface area contributed by atoms with E-state index in [1.54, 1.807) is 0 Å². The van der Waals surface area contributed by atoms with Gasteiger partial charge in [-0.1, -0.05) is 35.4 Å². The van der Waals surface area contributed by atoms with Crippen LogP contribution in [0.15, 0.2) is 35.4 Å². The van der Waals surface area contributed by atoms with Crippen molar-refractivity contribution in [2.75, 3.05) is 0 Å². The molecule has 2 rings (SSSR count). The third-order valence-electron chi connectivity index (χ3n) is 3.38. The summed E-state index contributed by atoms with van der Waals surface area (Å²) in [4.78, 5) is 2.83. The Labute approximate surface area is 101 Å². The highest BCUT2D eigenvalue weighted by atomic mass is 16.5. The minimum Gasteiger partial charge on any atom is -0.374 e. The van der Waals surface area contributed by atoms with Crippen LogP contribution >= 0.6 is 0 Å². The topological polar surface area (TPSA) is 58.0 Å². The van der Waals surface area contributed by atoms with Gasteiger partial charge in [-0.15, -0.1) is 0 Å². The molecule has 0 radical (unpaired) electrons. The van der Waals surface area contributed by atoms with Gasteiger partial charge in [0.25, 0.3) is 0 Å². The number of azide groups is 1. The molecule has 1 aromatic rings. The summed E-state index contributed by atoms with van der Waals surface area (Å²) in [5.41, 5.74) is 9.50. The molecule has 0 heterocycles. The predicted molar refractivity (Wildman–Crippen MR) is 66.4 cm³/mol. The molecule has 0 bridgehead atoms. The molecule has 4 nitrogen and oxygen atoms in total. The molecular weight excluding hydrogens is 214 g/mol. The Morgan fingerprint density at radius 3 is 2.76 bits per heavy atom. The van der Waals surface area contributed by atoms with Gasteiger partial charge in [0.05, 0.1) is 12.7 Å². The van der Waals surface area contributed by atoms with Crippen molar-refractivity contribution in [3.8, 4) is 0 Å². The summed E-state index contributed by atoms with van der Waals surface area (Å²) in [5.74, 6) is 0.536. The lowest BCUT2D eigenvalue weighted by Crippen LogP contribution is -2.35. The van der Waals surface area contributed by atoms with Gasteiger partial charge in [0, 0.05) is 11.0 Å². The average molecular weight is 231 g/mol. The first-order chi connectivity index (χ1) is 8.29. The Kier molecular flexibility index (Phi) is 4.02. The highest BCUT2D eigenvalue weighted by Crippen LogP contribution is 2.34. The lowest BCUT2D eigenvalue weighted by Gasteiger charge is -2.36. The summed E-state index contributed by atoms with van der Waals surface area (Å²) >= 11 is 0. The van der Waals surface area contributed by atoms with Crippen LogP contribution in [0.25, 0.3) is 10.4 Å². The Balaban J connectivity index is 1.72. The first kappa shape index (κ1) is 12.0. The summed E-state index contributed by atoms with van der Waals surface area (Å²) in [5, 5.41) is 3.71. The van der Waals surface area contributed by atoms with Crippen molar-refractivity contribution in [3.63, 3.8) is 0 Å². The largest absolute Gasteiger partial charge is 0.374 e. The van der Waals surface area contributed by atoms with Gasteiger partial charge in [-0.2, -0.15) is 0 Å². The zero-order valence-corrected chi connectivity index (χ0v) is 9.99. The summed E-state index contributed by atoms with van der Waals surface area (Å²) in [7, 11) is 0. The molecule has 0 amide bonds. The molecule has 17 heavy (non-hydrogen) atoms. The SMILES string of the molecule is C[C@H](OCc1ccccc1)C1CC(N=[N+]=[N-])C1. The van der Waals surface area contributed by atoms with Gasteiger partial charge in [-0.25, -0.2) is 0 Å². The molecule has 1 aliphatic rings. The summed E-state index contributed by atoms with van der Waals surface area (Å²) < 4.78 is 5.82. The van der Waals surface area contributed by atoms with E-state index in [1.807, 2.05) is 18.2 Å². The van der Waals surface area contributed by atoms with E-state index >= 15 is 0 Å². The molecule has 1 aliphatic carbocycles. The second-order valence-electron chi connectivity index (χ2n) is 4.59. The van der Waals surface area contributed by atoms with Gasteiger partial charge >= 0.3 is 0 Å². The van der Waals surface area contributed by atoms with Crippen LogP contribution in [0.4, 0.5) is 0 Å². The van der Waals surface area contributed by atoms with Crippen LogP contribution in [0.1, 0.15) is 25.3 Å². The molecule has 0 unspecified atom stereocenters. The van der Waals surface area contributed by atoms with E-state index in [4.69, 9.17) is 10.3 Å². The van der Waals surface area contributed by atoms with E-state index in [0.29, 0.717) is 12.5 Å². The number of hydrogen-bond acceptors (Lipinski definition) is 2. The van der Waals surface area contributed by atoms with Crippen molar-refractivity contribution in [3.05, 3.63) is 46.3 Å². The lowest BCUT2D eigenvalue weighted by molar-refractivity contribution is -0.0174. The number of ether oxygens (including phenoxy) is 1. The summed E-state index contributed by atoms with van der Waals surface area (Å²) in [6, 6.07) is 10.4. The Hall–Kier alpha value is -1.51. The Morgan fingerprint density at radius 1 is 1.41 bits per heavy atom. The average Bonchev–Trinajstić information content (AvgIpc) is 2.31. The van der Waals surface area contributed by atoms with E-state index in [1.165, 1.54) is 5.56 Å². The van der Waals surface area contributed by atoms with Crippen LogP contribution in [0.2, 0.25) is 0 Å². The van der Waals surface area contributed by atoms with Crippen LogP contribution in [-0.2, 0) is 11.3 Å². The standard InChI is InChI=1S/C13H17N3O/c1-10(12-7-13(8-12)15-16-14)17-9-11-5-3-2-4-6-11/h2-6,10,12-13H,7-9H2,1H3/t10-,12?,13?/m0/s1. The monoisotopic (exact) mass is 231 g/mol. The normalized spacial score (nSPS) is 24.5. The molecular formula is C13H17N3O. The first-order valence-electron chi connectivity index (χ1n) is 5.99. The van der Waals surface area contributed by atoms with Crippen LogP contribution in [0.5, 0.6) is 0 Å². The molecule has 0 N–H and O–H groups in total. The molecule has 4 heteroatoms. The summed E-state index contributed by atoms with van der Waals surface area (Å²) in [6.07, 6.45) is 2.15. The fourth-order valence-corrected chi connectivity index (χ4v) is 2.12. The van der Waals surface area contributed by atoms with Crippen molar-refractivity contribution < 1.29 is 4.74 Å². The lowest BCUT2D eigenvalue weighted by atomic mass is 9.77. The fraction of sp³-hybridized carbons (Fsp3) is 0.538. The van der Waals surface area contributed by atoms with Crippen molar-refractivity contribution in [2.45, 2.75) is 38.5 Å². The van der Waals surface area contributed by atoms with E-state index in [2.05, 4.69) is 29.1 Å². The maximum Gasteiger partial charge on any atom is 0.0720 e. The minimum absolute atomic E-state index is 0.188. The van der Waals surface area contributed by atoms with E-state index in [9.17, 15) is 0 Å². The van der Waals surface area contributed by atoms with Crippen LogP contribution in [-0.4, -0.2) is 12.1 Å². The van der Waals surface area contributed by atoms with Crippen LogP contribution in [0.3, 0.4) is 0 Å². The summed E-state index contributed by atoms with van der Waals surface area (Å²) in [6.45, 7) is 2.75. The number of hydrogen-bond donors (Lipinski definition) is 0. The molecule has 1 saturated carbocycles. The smallest absolute Gasteiger partial charge is 0.0720 e. The van der Waals surface area contributed by atoms with Crippen molar-refractivity contribution >= 4 is 0 Å². The number of rotatable bonds is 5. The third kappa shape index (κ3) is 3.22. The molecule has 1 aromatic carbocycles. The Morgan fingerprint density at radius 2 is 2.12 bits per heavy atom. The van der Waals surface area contributed by atoms with Gasteiger partial charge in [0.1, 0.15) is 0 Å². The fourth-order valence-electron chi connectivity index (χ4n) is 2.12. The molecule has 0 spiro atoms. The molecule has 90 valence electrons. The highest BCUT2D eigenvalue weighted by Gasteiger charge is 2.32. The van der Waals surface area contributed by atoms with Crippen molar-refractivity contribution in [1.82, 2.24) is 0 Å². The van der Waals surface area contributed by atoms with Crippen LogP contribution in [0, 0.1) is 5.92 Å². The minimum atomic E-state index is 0.188. The second kappa shape index (κ2) is 5.71. The van der Waals surface area contributed by atoms with Crippen molar-refractivity contribution in [1.29, 1.82) is 0 Å². The van der Waals surface area contributed by atoms with Gasteiger partial charge in [0.15, 0.2) is 0 Å². The van der Waals surface area contributed by atoms with Gasteiger partial charge < -0.3 is 4.74 Å². The van der Waals surface area contributed by atoms with E-state index < -0.39 is 0 Å². The van der Waals surface area contributed by atoms with E-state index in [-0.39, 0.29) is 12.1 Å². The third-order valence-corrected chi connectivity index (χ3v) is 3.38. The maximum absolute atomic E-state index is 8.31. The van der Waals surface area contributed by atoms with Gasteiger partial charge in [-0.3, -0.25) is 0 Å². The molecule has 0 aliphatic heterocycles. The van der Waals surface area contributed by atoms with E-state index in [0.717, 1.165) is 12.8 Å². The molecule has 1 fully saturated rings. The number of nitrogens with zero attached hydrogens (tertiary/aromatic N) is 3. The highest BCUT2D eigenvalue weighted by molar-refractivity contribution is 5.13. The van der Waals surface area contributed by atoms with Crippen molar-refractivity contribution in [2.24, 2.45) is 11.0 Å². The molecule has 0 aromatic heterocycles. The zero-order chi connectivity index (χ0) is 12.1. The Bertz CT molecular complexity index is 394. The predicted octanol–water partition coefficient (Wildman–Crippen LogP) is 3.68. The number of benzene rings is 1. The van der Waals surface area contributed by atoms with Crippen LogP contribution < -0.4 is 0 Å². The van der Waals surface area contributed by atoms with Gasteiger partial charge in [-0.05, 0) is 36.8 Å². The quantitative estimate of drug-likeness (QED) is 0.433. The molecule has 0 saturated heterocycles. The maximum atomic E-state index is 8.31. The first-order valence-corrected chi connectivity index (χ1v) is 5.99. The molecule has 1 atom stereocenters. The van der Waals surface area contributed by atoms with Gasteiger partial charge in [0.2, 0.25) is 0 Å². The zero-order valence-electron chi connectivity index (χ0n) is 9.99.